The molecule has 31 heavy (non-hydrogen) atoms. The Hall–Kier alpha value is -2.97. The second-order valence-electron chi connectivity index (χ2n) is 7.43. The predicted octanol–water partition coefficient (Wildman–Crippen LogP) is 2.16. The maximum Gasteiger partial charge on any atom is 0.231 e. The van der Waals surface area contributed by atoms with Gasteiger partial charge in [-0.2, -0.15) is 0 Å². The van der Waals surface area contributed by atoms with Crippen LogP contribution in [0.2, 0.25) is 0 Å². The van der Waals surface area contributed by atoms with Crippen molar-refractivity contribution < 1.29 is 18.9 Å². The third-order valence-corrected chi connectivity index (χ3v) is 5.57. The molecule has 1 saturated heterocycles. The number of ether oxygens (including phenoxy) is 4. The average molecular weight is 427 g/mol. The Labute approximate surface area is 183 Å². The maximum atomic E-state index is 5.55. The lowest BCUT2D eigenvalue weighted by Crippen LogP contribution is -2.46. The van der Waals surface area contributed by atoms with E-state index in [-0.39, 0.29) is 12.8 Å². The van der Waals surface area contributed by atoms with Gasteiger partial charge in [0.05, 0.1) is 26.4 Å². The molecule has 8 heteroatoms. The van der Waals surface area contributed by atoms with Crippen LogP contribution in [0.3, 0.4) is 0 Å². The van der Waals surface area contributed by atoms with Crippen molar-refractivity contribution in [2.24, 2.45) is 4.99 Å². The van der Waals surface area contributed by atoms with Gasteiger partial charge in [0.1, 0.15) is 5.75 Å². The first-order valence-corrected chi connectivity index (χ1v) is 10.6. The van der Waals surface area contributed by atoms with Gasteiger partial charge in [-0.1, -0.05) is 18.2 Å². The van der Waals surface area contributed by atoms with Gasteiger partial charge in [0.2, 0.25) is 6.79 Å². The fourth-order valence-electron chi connectivity index (χ4n) is 3.82. The molecule has 0 spiro atoms. The summed E-state index contributed by atoms with van der Waals surface area (Å²) in [5, 5.41) is 6.87. The number of fused-ring (bicyclic) bond motifs is 1. The van der Waals surface area contributed by atoms with Crippen molar-refractivity contribution in [1.29, 1.82) is 0 Å². The molecule has 2 aliphatic heterocycles. The summed E-state index contributed by atoms with van der Waals surface area (Å²) in [7, 11) is 3.47. The fraction of sp³-hybridized carbons (Fsp3) is 0.435. The molecule has 1 fully saturated rings. The average Bonchev–Trinajstić information content (AvgIpc) is 3.30. The number of benzene rings is 2. The van der Waals surface area contributed by atoms with E-state index in [4.69, 9.17) is 18.9 Å². The molecule has 2 aromatic carbocycles. The lowest BCUT2D eigenvalue weighted by Gasteiger charge is -2.35. The van der Waals surface area contributed by atoms with E-state index in [0.717, 1.165) is 61.6 Å². The molecule has 0 saturated carbocycles. The summed E-state index contributed by atoms with van der Waals surface area (Å²) in [6.45, 7) is 4.97. The number of guanidine groups is 1. The number of hydrogen-bond acceptors (Lipinski definition) is 6. The van der Waals surface area contributed by atoms with Crippen molar-refractivity contribution in [3.05, 3.63) is 53.6 Å². The number of methoxy groups -OCH3 is 1. The number of aliphatic imine (C=N–C) groups is 1. The number of rotatable bonds is 7. The summed E-state index contributed by atoms with van der Waals surface area (Å²) in [5.74, 6) is 3.19. The lowest BCUT2D eigenvalue weighted by molar-refractivity contribution is 0.0170. The quantitative estimate of drug-likeness (QED) is 0.519. The molecule has 2 aromatic rings. The van der Waals surface area contributed by atoms with E-state index in [9.17, 15) is 0 Å². The highest BCUT2D eigenvalue weighted by Crippen LogP contribution is 2.32. The Morgan fingerprint density at radius 1 is 1.06 bits per heavy atom. The van der Waals surface area contributed by atoms with Gasteiger partial charge in [0.25, 0.3) is 0 Å². The zero-order chi connectivity index (χ0) is 21.5. The third kappa shape index (κ3) is 5.39. The summed E-state index contributed by atoms with van der Waals surface area (Å²) >= 11 is 0. The molecule has 1 unspecified atom stereocenters. The Bertz CT molecular complexity index is 882. The Morgan fingerprint density at radius 3 is 2.58 bits per heavy atom. The Balaban J connectivity index is 1.38. The third-order valence-electron chi connectivity index (χ3n) is 5.57. The van der Waals surface area contributed by atoms with E-state index in [1.54, 1.807) is 14.2 Å². The van der Waals surface area contributed by atoms with Crippen LogP contribution in [-0.2, 0) is 11.3 Å². The van der Waals surface area contributed by atoms with Crippen molar-refractivity contribution in [2.75, 3.05) is 53.8 Å². The van der Waals surface area contributed by atoms with Crippen LogP contribution in [0.15, 0.2) is 47.5 Å². The summed E-state index contributed by atoms with van der Waals surface area (Å²) in [6, 6.07) is 14.4. The van der Waals surface area contributed by atoms with Crippen LogP contribution in [0.4, 0.5) is 0 Å². The molecule has 0 bridgehead atoms. The van der Waals surface area contributed by atoms with Gasteiger partial charge in [-0.25, -0.2) is 0 Å². The Kier molecular flexibility index (Phi) is 7.11. The lowest BCUT2D eigenvalue weighted by atomic mass is 10.0. The number of morpholine rings is 1. The molecule has 0 aliphatic carbocycles. The summed E-state index contributed by atoms with van der Waals surface area (Å²) < 4.78 is 21.7. The van der Waals surface area contributed by atoms with E-state index in [0.29, 0.717) is 6.54 Å². The minimum atomic E-state index is 0.207. The fourth-order valence-corrected chi connectivity index (χ4v) is 3.82. The van der Waals surface area contributed by atoms with Crippen LogP contribution >= 0.6 is 0 Å². The molecule has 2 aliphatic rings. The molecule has 0 radical (unpaired) electrons. The van der Waals surface area contributed by atoms with E-state index < -0.39 is 0 Å². The van der Waals surface area contributed by atoms with E-state index in [1.807, 2.05) is 30.3 Å². The largest absolute Gasteiger partial charge is 0.497 e. The zero-order valence-corrected chi connectivity index (χ0v) is 18.1. The standard InChI is InChI=1S/C23H30N4O4/c1-24-23(25-14-17-3-8-21-22(13-17)31-16-30-21)26-15-20(27-9-11-29-12-10-27)18-4-6-19(28-2)7-5-18/h3-8,13,20H,9-12,14-16H2,1-2H3,(H2,24,25,26). The summed E-state index contributed by atoms with van der Waals surface area (Å²) in [4.78, 5) is 6.84. The van der Waals surface area contributed by atoms with Crippen LogP contribution < -0.4 is 24.8 Å². The van der Waals surface area contributed by atoms with Crippen LogP contribution in [0.5, 0.6) is 17.2 Å². The minimum Gasteiger partial charge on any atom is -0.497 e. The van der Waals surface area contributed by atoms with Crippen molar-refractivity contribution in [3.63, 3.8) is 0 Å². The molecule has 1 atom stereocenters. The highest BCUT2D eigenvalue weighted by molar-refractivity contribution is 5.79. The van der Waals surface area contributed by atoms with Gasteiger partial charge >= 0.3 is 0 Å². The summed E-state index contributed by atoms with van der Waals surface area (Å²) in [6.07, 6.45) is 0. The number of nitrogens with one attached hydrogen (secondary N) is 2. The number of hydrogen-bond donors (Lipinski definition) is 2. The van der Waals surface area contributed by atoms with E-state index >= 15 is 0 Å². The van der Waals surface area contributed by atoms with Crippen molar-refractivity contribution in [3.8, 4) is 17.2 Å². The molecule has 4 rings (SSSR count). The molecule has 0 amide bonds. The molecular weight excluding hydrogens is 396 g/mol. The van der Waals surface area contributed by atoms with Crippen molar-refractivity contribution in [2.45, 2.75) is 12.6 Å². The van der Waals surface area contributed by atoms with Crippen LogP contribution in [0.25, 0.3) is 0 Å². The van der Waals surface area contributed by atoms with Gasteiger partial charge in [-0.05, 0) is 35.4 Å². The van der Waals surface area contributed by atoms with Crippen molar-refractivity contribution in [1.82, 2.24) is 15.5 Å². The van der Waals surface area contributed by atoms with E-state index in [1.165, 1.54) is 5.56 Å². The zero-order valence-electron chi connectivity index (χ0n) is 18.1. The van der Waals surface area contributed by atoms with Gasteiger partial charge in [0, 0.05) is 33.2 Å². The van der Waals surface area contributed by atoms with Crippen LogP contribution in [0.1, 0.15) is 17.2 Å². The topological polar surface area (TPSA) is 76.6 Å². The van der Waals surface area contributed by atoms with Gasteiger partial charge < -0.3 is 29.6 Å². The highest BCUT2D eigenvalue weighted by Gasteiger charge is 2.23. The molecular formula is C23H30N4O4. The normalized spacial score (nSPS) is 17.3. The Morgan fingerprint density at radius 2 is 1.84 bits per heavy atom. The van der Waals surface area contributed by atoms with Gasteiger partial charge in [-0.3, -0.25) is 9.89 Å². The van der Waals surface area contributed by atoms with E-state index in [2.05, 4.69) is 32.7 Å². The maximum absolute atomic E-state index is 5.55. The smallest absolute Gasteiger partial charge is 0.231 e. The minimum absolute atomic E-state index is 0.207. The molecule has 8 nitrogen and oxygen atoms in total. The first kappa shape index (κ1) is 21.3. The molecule has 2 N–H and O–H groups in total. The highest BCUT2D eigenvalue weighted by atomic mass is 16.7. The van der Waals surface area contributed by atoms with Gasteiger partial charge in [0.15, 0.2) is 17.5 Å². The van der Waals surface area contributed by atoms with Gasteiger partial charge in [-0.15, -0.1) is 0 Å². The van der Waals surface area contributed by atoms with Crippen LogP contribution in [-0.4, -0.2) is 64.7 Å². The van der Waals surface area contributed by atoms with Crippen LogP contribution in [0, 0.1) is 0 Å². The molecule has 2 heterocycles. The first-order chi connectivity index (χ1) is 15.3. The second-order valence-corrected chi connectivity index (χ2v) is 7.43. The SMILES string of the molecule is CN=C(NCc1ccc2c(c1)OCO2)NCC(c1ccc(OC)cc1)N1CCOCC1. The second kappa shape index (κ2) is 10.4. The number of nitrogens with zero attached hydrogens (tertiary/aromatic N) is 2. The molecule has 166 valence electrons. The first-order valence-electron chi connectivity index (χ1n) is 10.6. The van der Waals surface area contributed by atoms with Crippen molar-refractivity contribution >= 4 is 5.96 Å². The summed E-state index contributed by atoms with van der Waals surface area (Å²) in [5.41, 5.74) is 2.34. The monoisotopic (exact) mass is 426 g/mol. The molecule has 0 aromatic heterocycles. The predicted molar refractivity (Wildman–Crippen MR) is 119 cm³/mol.